The summed E-state index contributed by atoms with van der Waals surface area (Å²) in [6.07, 6.45) is 0.711. The van der Waals surface area contributed by atoms with Crippen LogP contribution in [0.4, 0.5) is 4.39 Å². The third kappa shape index (κ3) is 4.89. The molecule has 1 rings (SSSR count). The highest BCUT2D eigenvalue weighted by atomic mass is 32.2. The van der Waals surface area contributed by atoms with Crippen LogP contribution in [0.25, 0.3) is 0 Å². The molecule has 0 fully saturated rings. The smallest absolute Gasteiger partial charge is 0.240 e. The molecule has 0 aromatic heterocycles. The van der Waals surface area contributed by atoms with Crippen molar-refractivity contribution < 1.29 is 12.8 Å². The van der Waals surface area contributed by atoms with Crippen LogP contribution in [-0.4, -0.2) is 21.0 Å². The first-order chi connectivity index (χ1) is 8.86. The minimum Gasteiger partial charge on any atom is -0.310 e. The molecule has 2 N–H and O–H groups in total. The van der Waals surface area contributed by atoms with Crippen LogP contribution in [0.1, 0.15) is 32.8 Å². The van der Waals surface area contributed by atoms with Crippen molar-refractivity contribution >= 4 is 10.0 Å². The molecule has 0 spiro atoms. The zero-order valence-electron chi connectivity index (χ0n) is 11.5. The summed E-state index contributed by atoms with van der Waals surface area (Å²) in [6, 6.07) is 4.06. The van der Waals surface area contributed by atoms with Gasteiger partial charge in [-0.25, -0.2) is 17.5 Å². The van der Waals surface area contributed by atoms with Crippen LogP contribution in [0.15, 0.2) is 23.1 Å². The average Bonchev–Trinajstić information content (AvgIpc) is 2.35. The molecule has 4 nitrogen and oxygen atoms in total. The standard InChI is InChI=1S/C13H21FN2O2S/c1-4-7-16-19(17,18)12-5-6-13(14)11(8-12)9-15-10(2)3/h5-6,8,10,15-16H,4,7,9H2,1-3H3. The van der Waals surface area contributed by atoms with Crippen LogP contribution in [0.3, 0.4) is 0 Å². The van der Waals surface area contributed by atoms with E-state index in [1.165, 1.54) is 18.2 Å². The maximum Gasteiger partial charge on any atom is 0.240 e. The van der Waals surface area contributed by atoms with Gasteiger partial charge < -0.3 is 5.32 Å². The maximum absolute atomic E-state index is 13.6. The fourth-order valence-corrected chi connectivity index (χ4v) is 2.67. The van der Waals surface area contributed by atoms with Crippen LogP contribution in [0.5, 0.6) is 0 Å². The van der Waals surface area contributed by atoms with E-state index in [0.29, 0.717) is 25.1 Å². The summed E-state index contributed by atoms with van der Waals surface area (Å²) >= 11 is 0. The lowest BCUT2D eigenvalue weighted by atomic mass is 10.2. The van der Waals surface area contributed by atoms with E-state index in [9.17, 15) is 12.8 Å². The zero-order chi connectivity index (χ0) is 14.5. The SMILES string of the molecule is CCCNS(=O)(=O)c1ccc(F)c(CNC(C)C)c1. The van der Waals surface area contributed by atoms with E-state index in [1.807, 2.05) is 20.8 Å². The molecule has 6 heteroatoms. The van der Waals surface area contributed by atoms with Crippen molar-refractivity contribution in [3.05, 3.63) is 29.6 Å². The molecule has 0 saturated carbocycles. The topological polar surface area (TPSA) is 58.2 Å². The molecule has 108 valence electrons. The van der Waals surface area contributed by atoms with E-state index in [4.69, 9.17) is 0 Å². The Morgan fingerprint density at radius 3 is 2.58 bits per heavy atom. The minimum atomic E-state index is -3.54. The van der Waals surface area contributed by atoms with E-state index in [-0.39, 0.29) is 10.9 Å². The molecular formula is C13H21FN2O2S. The molecule has 0 aliphatic heterocycles. The number of rotatable bonds is 7. The second-order valence-electron chi connectivity index (χ2n) is 4.69. The molecule has 0 aliphatic carbocycles. The molecule has 1 aromatic carbocycles. The van der Waals surface area contributed by atoms with Gasteiger partial charge in [0.15, 0.2) is 0 Å². The monoisotopic (exact) mass is 288 g/mol. The molecule has 0 unspecified atom stereocenters. The molecule has 0 aliphatic rings. The highest BCUT2D eigenvalue weighted by molar-refractivity contribution is 7.89. The first-order valence-electron chi connectivity index (χ1n) is 6.38. The number of hydrogen-bond acceptors (Lipinski definition) is 3. The van der Waals surface area contributed by atoms with Crippen molar-refractivity contribution in [1.29, 1.82) is 0 Å². The number of benzene rings is 1. The molecule has 0 radical (unpaired) electrons. The lowest BCUT2D eigenvalue weighted by Crippen LogP contribution is -2.25. The Hall–Kier alpha value is -0.980. The summed E-state index contributed by atoms with van der Waals surface area (Å²) in [6.45, 7) is 6.45. The van der Waals surface area contributed by atoms with Gasteiger partial charge in [0.05, 0.1) is 4.90 Å². The van der Waals surface area contributed by atoms with Gasteiger partial charge in [0.25, 0.3) is 0 Å². The van der Waals surface area contributed by atoms with Gasteiger partial charge in [0.1, 0.15) is 5.82 Å². The van der Waals surface area contributed by atoms with Crippen molar-refractivity contribution in [3.8, 4) is 0 Å². The Kier molecular flexibility index (Phi) is 5.90. The van der Waals surface area contributed by atoms with Gasteiger partial charge in [0, 0.05) is 24.7 Å². The van der Waals surface area contributed by atoms with Crippen molar-refractivity contribution in [2.24, 2.45) is 0 Å². The Morgan fingerprint density at radius 1 is 1.32 bits per heavy atom. The Morgan fingerprint density at radius 2 is 2.00 bits per heavy atom. The summed E-state index contributed by atoms with van der Waals surface area (Å²) in [5.41, 5.74) is 0.355. The third-order valence-electron chi connectivity index (χ3n) is 2.57. The summed E-state index contributed by atoms with van der Waals surface area (Å²) < 4.78 is 39.9. The molecular weight excluding hydrogens is 267 g/mol. The largest absolute Gasteiger partial charge is 0.310 e. The summed E-state index contributed by atoms with van der Waals surface area (Å²) in [5, 5.41) is 3.07. The first-order valence-corrected chi connectivity index (χ1v) is 7.86. The number of hydrogen-bond donors (Lipinski definition) is 2. The van der Waals surface area contributed by atoms with Crippen molar-refractivity contribution in [1.82, 2.24) is 10.0 Å². The molecule has 0 amide bonds. The summed E-state index contributed by atoms with van der Waals surface area (Å²) in [5.74, 6) is -0.400. The van der Waals surface area contributed by atoms with Crippen LogP contribution < -0.4 is 10.0 Å². The first kappa shape index (κ1) is 16.1. The van der Waals surface area contributed by atoms with E-state index in [1.54, 1.807) is 0 Å². The molecule has 0 bridgehead atoms. The van der Waals surface area contributed by atoms with E-state index >= 15 is 0 Å². The van der Waals surface area contributed by atoms with Gasteiger partial charge in [-0.3, -0.25) is 0 Å². The van der Waals surface area contributed by atoms with Crippen molar-refractivity contribution in [3.63, 3.8) is 0 Å². The van der Waals surface area contributed by atoms with Gasteiger partial charge >= 0.3 is 0 Å². The van der Waals surface area contributed by atoms with Gasteiger partial charge in [-0.2, -0.15) is 0 Å². The quantitative estimate of drug-likeness (QED) is 0.807. The summed E-state index contributed by atoms with van der Waals surface area (Å²) in [4.78, 5) is 0.0999. The van der Waals surface area contributed by atoms with E-state index in [0.717, 1.165) is 0 Å². The van der Waals surface area contributed by atoms with Crippen LogP contribution in [0.2, 0.25) is 0 Å². The van der Waals surface area contributed by atoms with Gasteiger partial charge in [-0.05, 0) is 24.6 Å². The van der Waals surface area contributed by atoms with Gasteiger partial charge in [-0.15, -0.1) is 0 Å². The van der Waals surface area contributed by atoms with E-state index < -0.39 is 15.8 Å². The Labute approximate surface area is 114 Å². The third-order valence-corrected chi connectivity index (χ3v) is 4.03. The predicted molar refractivity (Wildman–Crippen MR) is 73.9 cm³/mol. The van der Waals surface area contributed by atoms with Crippen LogP contribution in [-0.2, 0) is 16.6 Å². The molecule has 0 heterocycles. The molecule has 0 atom stereocenters. The highest BCUT2D eigenvalue weighted by Gasteiger charge is 2.15. The predicted octanol–water partition coefficient (Wildman–Crippen LogP) is 2.01. The van der Waals surface area contributed by atoms with Gasteiger partial charge in [-0.1, -0.05) is 20.8 Å². The summed E-state index contributed by atoms with van der Waals surface area (Å²) in [7, 11) is -3.54. The van der Waals surface area contributed by atoms with Crippen LogP contribution >= 0.6 is 0 Å². The number of nitrogens with one attached hydrogen (secondary N) is 2. The Balaban J connectivity index is 2.95. The highest BCUT2D eigenvalue weighted by Crippen LogP contribution is 2.15. The second kappa shape index (κ2) is 6.98. The maximum atomic E-state index is 13.6. The fourth-order valence-electron chi connectivity index (χ4n) is 1.49. The minimum absolute atomic E-state index is 0.0999. The normalized spacial score (nSPS) is 12.1. The zero-order valence-corrected chi connectivity index (χ0v) is 12.3. The average molecular weight is 288 g/mol. The lowest BCUT2D eigenvalue weighted by molar-refractivity contribution is 0.550. The van der Waals surface area contributed by atoms with Crippen molar-refractivity contribution in [2.45, 2.75) is 44.7 Å². The second-order valence-corrected chi connectivity index (χ2v) is 6.45. The van der Waals surface area contributed by atoms with E-state index in [2.05, 4.69) is 10.0 Å². The number of sulfonamides is 1. The lowest BCUT2D eigenvalue weighted by Gasteiger charge is -2.11. The molecule has 0 saturated heterocycles. The molecule has 19 heavy (non-hydrogen) atoms. The fraction of sp³-hybridized carbons (Fsp3) is 0.538. The van der Waals surface area contributed by atoms with Gasteiger partial charge in [0.2, 0.25) is 10.0 Å². The van der Waals surface area contributed by atoms with Crippen molar-refractivity contribution in [2.75, 3.05) is 6.54 Å². The number of halogens is 1. The van der Waals surface area contributed by atoms with Crippen LogP contribution in [0, 0.1) is 5.82 Å². The molecule has 1 aromatic rings. The Bertz CT molecular complexity index is 515.